The summed E-state index contributed by atoms with van der Waals surface area (Å²) in [6.45, 7) is 0. The normalized spacial score (nSPS) is 13.1. The molecule has 1 nitrogen and oxygen atoms in total. The lowest BCUT2D eigenvalue weighted by Gasteiger charge is -2.20. The van der Waals surface area contributed by atoms with Crippen molar-refractivity contribution < 1.29 is 4.42 Å². The summed E-state index contributed by atoms with van der Waals surface area (Å²) in [6, 6.07) is 27.4. The Labute approximate surface area is 180 Å². The van der Waals surface area contributed by atoms with E-state index in [1.165, 1.54) is 33.4 Å². The zero-order chi connectivity index (χ0) is 20.1. The molecule has 1 aromatic heterocycles. The Kier molecular flexibility index (Phi) is 4.04. The molecule has 2 heteroatoms. The van der Waals surface area contributed by atoms with Crippen LogP contribution in [0.5, 0.6) is 0 Å². The molecule has 5 aromatic rings. The van der Waals surface area contributed by atoms with Gasteiger partial charge in [-0.25, -0.2) is 0 Å². The topological polar surface area (TPSA) is 13.1 Å². The minimum Gasteiger partial charge on any atom is -0.456 e. The zero-order valence-electron chi connectivity index (χ0n) is 16.4. The number of rotatable bonds is 2. The van der Waals surface area contributed by atoms with Crippen molar-refractivity contribution in [2.24, 2.45) is 0 Å². The van der Waals surface area contributed by atoms with Crippen molar-refractivity contribution in [3.63, 3.8) is 0 Å². The van der Waals surface area contributed by atoms with E-state index in [1.54, 1.807) is 0 Å². The second kappa shape index (κ2) is 6.90. The maximum atomic E-state index is 6.44. The van der Waals surface area contributed by atoms with E-state index in [0.717, 1.165) is 39.8 Å². The van der Waals surface area contributed by atoms with E-state index in [0.29, 0.717) is 0 Å². The summed E-state index contributed by atoms with van der Waals surface area (Å²) in [7, 11) is 0. The molecule has 0 unspecified atom stereocenters. The maximum absolute atomic E-state index is 6.44. The number of hydrogen-bond donors (Lipinski definition) is 0. The van der Waals surface area contributed by atoms with Gasteiger partial charge in [0.2, 0.25) is 0 Å². The highest BCUT2D eigenvalue weighted by atomic mass is 35.5. The first-order valence-corrected chi connectivity index (χ1v) is 10.7. The molecule has 0 spiro atoms. The molecule has 0 amide bonds. The summed E-state index contributed by atoms with van der Waals surface area (Å²) >= 11 is 6.44. The molecule has 6 rings (SSSR count). The first-order valence-electron chi connectivity index (χ1n) is 10.3. The van der Waals surface area contributed by atoms with E-state index in [4.69, 9.17) is 16.0 Å². The smallest absolute Gasteiger partial charge is 0.136 e. The Morgan fingerprint density at radius 1 is 0.733 bits per heavy atom. The van der Waals surface area contributed by atoms with Crippen molar-refractivity contribution in [2.45, 2.75) is 12.8 Å². The highest BCUT2D eigenvalue weighted by molar-refractivity contribution is 6.37. The van der Waals surface area contributed by atoms with Crippen molar-refractivity contribution in [1.82, 2.24) is 0 Å². The van der Waals surface area contributed by atoms with E-state index < -0.39 is 0 Å². The third-order valence-corrected chi connectivity index (χ3v) is 6.36. The summed E-state index contributed by atoms with van der Waals surface area (Å²) < 4.78 is 6.13. The zero-order valence-corrected chi connectivity index (χ0v) is 17.1. The lowest BCUT2D eigenvalue weighted by atomic mass is 9.84. The highest BCUT2D eigenvalue weighted by Gasteiger charge is 2.17. The van der Waals surface area contributed by atoms with Gasteiger partial charge in [-0.3, -0.25) is 0 Å². The summed E-state index contributed by atoms with van der Waals surface area (Å²) in [4.78, 5) is 0. The van der Waals surface area contributed by atoms with Gasteiger partial charge in [0.15, 0.2) is 0 Å². The lowest BCUT2D eigenvalue weighted by molar-refractivity contribution is 0.669. The Hall–Kier alpha value is -3.29. The number of furan rings is 1. The van der Waals surface area contributed by atoms with Gasteiger partial charge in [-0.05, 0) is 70.5 Å². The second-order valence-corrected chi connectivity index (χ2v) is 8.19. The molecule has 0 saturated heterocycles. The van der Waals surface area contributed by atoms with Gasteiger partial charge in [-0.15, -0.1) is 0 Å². The molecule has 1 aliphatic rings. The van der Waals surface area contributed by atoms with E-state index in [2.05, 4.69) is 72.8 Å². The van der Waals surface area contributed by atoms with Crippen LogP contribution in [0.1, 0.15) is 17.5 Å². The molecule has 0 bridgehead atoms. The predicted octanol–water partition coefficient (Wildman–Crippen LogP) is 8.53. The van der Waals surface area contributed by atoms with Crippen LogP contribution in [0.2, 0.25) is 5.02 Å². The van der Waals surface area contributed by atoms with Crippen molar-refractivity contribution >= 4 is 39.6 Å². The van der Waals surface area contributed by atoms with Crippen LogP contribution in [0.15, 0.2) is 89.4 Å². The highest BCUT2D eigenvalue weighted by Crippen LogP contribution is 2.40. The molecule has 0 N–H and O–H groups in total. The number of benzene rings is 4. The first kappa shape index (κ1) is 17.6. The van der Waals surface area contributed by atoms with Crippen molar-refractivity contribution in [3.8, 4) is 22.3 Å². The van der Waals surface area contributed by atoms with Crippen LogP contribution in [-0.4, -0.2) is 0 Å². The maximum Gasteiger partial charge on any atom is 0.136 e. The first-order chi connectivity index (χ1) is 14.8. The molecule has 0 atom stereocenters. The van der Waals surface area contributed by atoms with Gasteiger partial charge in [-0.2, -0.15) is 0 Å². The van der Waals surface area contributed by atoms with Crippen LogP contribution >= 0.6 is 11.6 Å². The van der Waals surface area contributed by atoms with Gasteiger partial charge in [0.1, 0.15) is 11.2 Å². The van der Waals surface area contributed by atoms with Crippen LogP contribution in [0.3, 0.4) is 0 Å². The van der Waals surface area contributed by atoms with E-state index >= 15 is 0 Å². The van der Waals surface area contributed by atoms with Crippen LogP contribution in [0, 0.1) is 0 Å². The lowest BCUT2D eigenvalue weighted by Crippen LogP contribution is -2.00. The second-order valence-electron chi connectivity index (χ2n) is 7.79. The van der Waals surface area contributed by atoms with Crippen molar-refractivity contribution in [1.29, 1.82) is 0 Å². The molecule has 1 heterocycles. The Bertz CT molecular complexity index is 1440. The third-order valence-electron chi connectivity index (χ3n) is 6.04. The fraction of sp³-hybridized carbons (Fsp3) is 0.0714. The molecule has 0 aliphatic heterocycles. The average Bonchev–Trinajstić information content (AvgIpc) is 3.18. The number of allylic oxidation sites excluding steroid dienone is 1. The average molecular weight is 407 g/mol. The summed E-state index contributed by atoms with van der Waals surface area (Å²) in [5.41, 5.74) is 9.47. The molecular formula is C28H19ClO. The summed E-state index contributed by atoms with van der Waals surface area (Å²) in [6.07, 6.45) is 6.68. The fourth-order valence-corrected chi connectivity index (χ4v) is 4.91. The van der Waals surface area contributed by atoms with Crippen LogP contribution in [0.4, 0.5) is 0 Å². The Morgan fingerprint density at radius 3 is 2.50 bits per heavy atom. The van der Waals surface area contributed by atoms with E-state index in [9.17, 15) is 0 Å². The number of fused-ring (bicyclic) bond motifs is 4. The molecule has 1 aliphatic carbocycles. The number of hydrogen-bond acceptors (Lipinski definition) is 1. The van der Waals surface area contributed by atoms with Gasteiger partial charge >= 0.3 is 0 Å². The van der Waals surface area contributed by atoms with Crippen LogP contribution < -0.4 is 0 Å². The monoisotopic (exact) mass is 406 g/mol. The Morgan fingerprint density at radius 2 is 1.60 bits per heavy atom. The van der Waals surface area contributed by atoms with Crippen LogP contribution in [0.25, 0.3) is 50.3 Å². The largest absolute Gasteiger partial charge is 0.456 e. The van der Waals surface area contributed by atoms with Gasteiger partial charge in [0.05, 0.1) is 5.02 Å². The summed E-state index contributed by atoms with van der Waals surface area (Å²) in [5, 5.41) is 2.79. The van der Waals surface area contributed by atoms with E-state index in [-0.39, 0.29) is 0 Å². The third kappa shape index (κ3) is 2.70. The van der Waals surface area contributed by atoms with Gasteiger partial charge in [-0.1, -0.05) is 78.4 Å². The van der Waals surface area contributed by atoms with Gasteiger partial charge < -0.3 is 4.42 Å². The predicted molar refractivity (Wildman–Crippen MR) is 127 cm³/mol. The van der Waals surface area contributed by atoms with Gasteiger partial charge in [0, 0.05) is 10.8 Å². The number of halogens is 1. The summed E-state index contributed by atoms with van der Waals surface area (Å²) in [5.74, 6) is 0. The molecule has 0 saturated carbocycles. The van der Waals surface area contributed by atoms with Crippen molar-refractivity contribution in [3.05, 3.63) is 101 Å². The molecule has 30 heavy (non-hydrogen) atoms. The molecule has 144 valence electrons. The van der Waals surface area contributed by atoms with E-state index in [1.807, 2.05) is 18.2 Å². The minimum atomic E-state index is 0.730. The Balaban J connectivity index is 1.56. The molecular weight excluding hydrogens is 388 g/mol. The standard InChI is InChI=1S/C28H19ClO/c29-25-11-6-12-26-28(25)24-14-13-19(17-27(24)30-26)21-16-15-20(18-7-2-1-3-8-18)22-9-4-5-10-23(21)22/h1-4,6-9,11-17H,5,10H2. The van der Waals surface area contributed by atoms with Crippen molar-refractivity contribution in [2.75, 3.05) is 0 Å². The van der Waals surface area contributed by atoms with Gasteiger partial charge in [0.25, 0.3) is 0 Å². The minimum absolute atomic E-state index is 0.730. The SMILES string of the molecule is Clc1cccc2oc3cc(-c4ccc(-c5ccccc5)c5c4CCC=C5)ccc3c12. The molecule has 0 fully saturated rings. The van der Waals surface area contributed by atoms with Crippen LogP contribution in [-0.2, 0) is 6.42 Å². The fourth-order valence-electron chi connectivity index (χ4n) is 4.64. The molecule has 4 aromatic carbocycles. The molecule has 0 radical (unpaired) electrons. The quantitative estimate of drug-likeness (QED) is 0.286.